The molecule has 3 nitrogen and oxygen atoms in total. The van der Waals surface area contributed by atoms with Crippen molar-refractivity contribution in [2.45, 2.75) is 13.0 Å². The second-order valence-electron chi connectivity index (χ2n) is 4.20. The summed E-state index contributed by atoms with van der Waals surface area (Å²) in [5.74, 6) is 1.19. The predicted molar refractivity (Wildman–Crippen MR) is 73.9 cm³/mol. The van der Waals surface area contributed by atoms with Gasteiger partial charge < -0.3 is 9.47 Å². The van der Waals surface area contributed by atoms with Gasteiger partial charge >= 0.3 is 0 Å². The molecule has 0 radical (unpaired) electrons. The Hall–Kier alpha value is -2.29. The standard InChI is InChI=1S/C16H16O3/c1-12(14-6-4-3-5-7-14)19-15-9-8-13(11-17)10-16(15)18-2/h3-12H,1-2H3. The summed E-state index contributed by atoms with van der Waals surface area (Å²) in [6.07, 6.45) is 0.699. The fraction of sp³-hybridized carbons (Fsp3) is 0.188. The molecule has 98 valence electrons. The normalized spacial score (nSPS) is 11.7. The van der Waals surface area contributed by atoms with E-state index in [0.717, 1.165) is 11.8 Å². The van der Waals surface area contributed by atoms with E-state index in [1.807, 2.05) is 37.3 Å². The van der Waals surface area contributed by atoms with E-state index in [4.69, 9.17) is 9.47 Å². The van der Waals surface area contributed by atoms with Gasteiger partial charge in [0.05, 0.1) is 7.11 Å². The predicted octanol–water partition coefficient (Wildman–Crippen LogP) is 3.65. The Morgan fingerprint density at radius 1 is 1.05 bits per heavy atom. The first kappa shape index (κ1) is 13.1. The van der Waals surface area contributed by atoms with Crippen molar-refractivity contribution in [3.63, 3.8) is 0 Å². The van der Waals surface area contributed by atoms with Crippen LogP contribution in [0.25, 0.3) is 0 Å². The van der Waals surface area contributed by atoms with Gasteiger partial charge in [0.25, 0.3) is 0 Å². The van der Waals surface area contributed by atoms with Crippen molar-refractivity contribution in [2.24, 2.45) is 0 Å². The molecule has 3 heteroatoms. The molecule has 2 aromatic rings. The zero-order chi connectivity index (χ0) is 13.7. The topological polar surface area (TPSA) is 35.5 Å². The van der Waals surface area contributed by atoms with Crippen LogP contribution in [0, 0.1) is 0 Å². The highest BCUT2D eigenvalue weighted by Gasteiger charge is 2.11. The van der Waals surface area contributed by atoms with Crippen LogP contribution in [0.4, 0.5) is 0 Å². The maximum Gasteiger partial charge on any atom is 0.162 e. The number of benzene rings is 2. The van der Waals surface area contributed by atoms with Crippen LogP contribution in [0.2, 0.25) is 0 Å². The number of carbonyl (C=O) groups is 1. The lowest BCUT2D eigenvalue weighted by atomic mass is 10.1. The van der Waals surface area contributed by atoms with E-state index in [2.05, 4.69) is 0 Å². The molecule has 0 aromatic heterocycles. The lowest BCUT2D eigenvalue weighted by molar-refractivity contribution is 0.112. The first-order valence-electron chi connectivity index (χ1n) is 6.09. The highest BCUT2D eigenvalue weighted by Crippen LogP contribution is 2.31. The highest BCUT2D eigenvalue weighted by molar-refractivity contribution is 5.76. The van der Waals surface area contributed by atoms with Gasteiger partial charge in [0, 0.05) is 5.56 Å². The van der Waals surface area contributed by atoms with Crippen LogP contribution in [0.3, 0.4) is 0 Å². The lowest BCUT2D eigenvalue weighted by Gasteiger charge is -2.17. The Bertz CT molecular complexity index is 549. The zero-order valence-electron chi connectivity index (χ0n) is 11.0. The first-order valence-corrected chi connectivity index (χ1v) is 6.09. The number of ether oxygens (including phenoxy) is 2. The largest absolute Gasteiger partial charge is 0.493 e. The Labute approximate surface area is 112 Å². The van der Waals surface area contributed by atoms with Gasteiger partial charge in [-0.15, -0.1) is 0 Å². The van der Waals surface area contributed by atoms with Crippen LogP contribution < -0.4 is 9.47 Å². The fourth-order valence-corrected chi connectivity index (χ4v) is 1.84. The minimum Gasteiger partial charge on any atom is -0.493 e. The molecule has 0 aliphatic heterocycles. The molecular weight excluding hydrogens is 240 g/mol. The van der Waals surface area contributed by atoms with E-state index >= 15 is 0 Å². The quantitative estimate of drug-likeness (QED) is 0.766. The van der Waals surface area contributed by atoms with Gasteiger partial charge in [-0.1, -0.05) is 30.3 Å². The lowest BCUT2D eigenvalue weighted by Crippen LogP contribution is -2.04. The second kappa shape index (κ2) is 6.05. The van der Waals surface area contributed by atoms with Crippen molar-refractivity contribution in [3.05, 3.63) is 59.7 Å². The van der Waals surface area contributed by atoms with Crippen LogP contribution in [-0.2, 0) is 0 Å². The summed E-state index contributed by atoms with van der Waals surface area (Å²) in [6.45, 7) is 1.97. The number of methoxy groups -OCH3 is 1. The van der Waals surface area contributed by atoms with Gasteiger partial charge in [-0.05, 0) is 30.7 Å². The molecule has 0 N–H and O–H groups in total. The second-order valence-corrected chi connectivity index (χ2v) is 4.20. The minimum atomic E-state index is -0.0859. The van der Waals surface area contributed by atoms with Crippen LogP contribution >= 0.6 is 0 Å². The SMILES string of the molecule is COc1cc(C=O)ccc1OC(C)c1ccccc1. The minimum absolute atomic E-state index is 0.0859. The summed E-state index contributed by atoms with van der Waals surface area (Å²) < 4.78 is 11.1. The first-order chi connectivity index (χ1) is 9.24. The number of hydrogen-bond donors (Lipinski definition) is 0. The molecule has 0 aliphatic rings. The van der Waals surface area contributed by atoms with E-state index in [0.29, 0.717) is 17.1 Å². The van der Waals surface area contributed by atoms with E-state index in [-0.39, 0.29) is 6.10 Å². The molecule has 0 fully saturated rings. The van der Waals surface area contributed by atoms with Crippen molar-refractivity contribution in [3.8, 4) is 11.5 Å². The summed E-state index contributed by atoms with van der Waals surface area (Å²) in [5, 5.41) is 0. The number of aldehydes is 1. The molecular formula is C16H16O3. The van der Waals surface area contributed by atoms with Crippen LogP contribution in [0.15, 0.2) is 48.5 Å². The van der Waals surface area contributed by atoms with E-state index in [1.165, 1.54) is 0 Å². The molecule has 1 unspecified atom stereocenters. The van der Waals surface area contributed by atoms with Crippen LogP contribution in [-0.4, -0.2) is 13.4 Å². The van der Waals surface area contributed by atoms with Crippen molar-refractivity contribution < 1.29 is 14.3 Å². The van der Waals surface area contributed by atoms with Crippen molar-refractivity contribution in [1.82, 2.24) is 0 Å². The maximum atomic E-state index is 10.7. The molecule has 0 amide bonds. The summed E-state index contributed by atoms with van der Waals surface area (Å²) >= 11 is 0. The third kappa shape index (κ3) is 3.13. The van der Waals surface area contributed by atoms with Crippen molar-refractivity contribution in [2.75, 3.05) is 7.11 Å². The van der Waals surface area contributed by atoms with Crippen LogP contribution in [0.1, 0.15) is 28.9 Å². The molecule has 0 saturated carbocycles. The fourth-order valence-electron chi connectivity index (χ4n) is 1.84. The highest BCUT2D eigenvalue weighted by atomic mass is 16.5. The average Bonchev–Trinajstić information content (AvgIpc) is 2.48. The molecule has 0 bridgehead atoms. The van der Waals surface area contributed by atoms with E-state index < -0.39 is 0 Å². The molecule has 0 aliphatic carbocycles. The summed E-state index contributed by atoms with van der Waals surface area (Å²) in [7, 11) is 1.56. The Morgan fingerprint density at radius 2 is 1.79 bits per heavy atom. The number of hydrogen-bond acceptors (Lipinski definition) is 3. The maximum absolute atomic E-state index is 10.7. The Balaban J connectivity index is 2.21. The smallest absolute Gasteiger partial charge is 0.162 e. The molecule has 1 atom stereocenters. The van der Waals surface area contributed by atoms with Gasteiger partial charge in [0.15, 0.2) is 11.5 Å². The van der Waals surface area contributed by atoms with Gasteiger partial charge in [0.1, 0.15) is 12.4 Å². The van der Waals surface area contributed by atoms with Crippen LogP contribution in [0.5, 0.6) is 11.5 Å². The third-order valence-electron chi connectivity index (χ3n) is 2.90. The Morgan fingerprint density at radius 3 is 2.42 bits per heavy atom. The molecule has 2 rings (SSSR count). The van der Waals surface area contributed by atoms with Gasteiger partial charge in [-0.3, -0.25) is 4.79 Å². The number of rotatable bonds is 5. The Kier molecular flexibility index (Phi) is 4.18. The van der Waals surface area contributed by atoms with Gasteiger partial charge in [-0.25, -0.2) is 0 Å². The molecule has 19 heavy (non-hydrogen) atoms. The van der Waals surface area contributed by atoms with E-state index in [9.17, 15) is 4.79 Å². The number of carbonyl (C=O) groups excluding carboxylic acids is 1. The van der Waals surface area contributed by atoms with Crippen molar-refractivity contribution >= 4 is 6.29 Å². The molecule has 0 spiro atoms. The van der Waals surface area contributed by atoms with E-state index in [1.54, 1.807) is 25.3 Å². The van der Waals surface area contributed by atoms with Gasteiger partial charge in [0.2, 0.25) is 0 Å². The third-order valence-corrected chi connectivity index (χ3v) is 2.90. The molecule has 0 heterocycles. The molecule has 0 saturated heterocycles. The zero-order valence-corrected chi connectivity index (χ0v) is 11.0. The summed E-state index contributed by atoms with van der Waals surface area (Å²) in [6, 6.07) is 15.1. The van der Waals surface area contributed by atoms with Gasteiger partial charge in [-0.2, -0.15) is 0 Å². The average molecular weight is 256 g/mol. The molecule has 2 aromatic carbocycles. The summed E-state index contributed by atoms with van der Waals surface area (Å²) in [5.41, 5.74) is 1.65. The summed E-state index contributed by atoms with van der Waals surface area (Å²) in [4.78, 5) is 10.7. The van der Waals surface area contributed by atoms with Crippen molar-refractivity contribution in [1.29, 1.82) is 0 Å². The monoisotopic (exact) mass is 256 g/mol.